The molecule has 0 radical (unpaired) electrons. The van der Waals surface area contributed by atoms with Gasteiger partial charge in [0.2, 0.25) is 0 Å². The van der Waals surface area contributed by atoms with Crippen LogP contribution in [0.15, 0.2) is 60.8 Å². The number of carbonyl (C=O) groups excluding carboxylic acids is 2. The van der Waals surface area contributed by atoms with E-state index in [0.717, 1.165) is 5.56 Å². The van der Waals surface area contributed by atoms with E-state index in [1.165, 1.54) is 41.4 Å². The zero-order valence-electron chi connectivity index (χ0n) is 20.5. The third-order valence-corrected chi connectivity index (χ3v) is 5.26. The number of hydrogen-bond acceptors (Lipinski definition) is 5. The number of halogens is 1. The van der Waals surface area contributed by atoms with Crippen molar-refractivity contribution >= 4 is 17.5 Å². The van der Waals surface area contributed by atoms with E-state index in [4.69, 9.17) is 9.47 Å². The number of benzene rings is 2. The predicted octanol–water partition coefficient (Wildman–Crippen LogP) is 4.56. The number of aromatic nitrogens is 1. The van der Waals surface area contributed by atoms with Gasteiger partial charge < -0.3 is 19.7 Å². The van der Waals surface area contributed by atoms with E-state index in [0.29, 0.717) is 22.9 Å². The molecule has 7 nitrogen and oxygen atoms in total. The lowest BCUT2D eigenvalue weighted by Gasteiger charge is -2.20. The van der Waals surface area contributed by atoms with E-state index < -0.39 is 11.9 Å². The van der Waals surface area contributed by atoms with Crippen LogP contribution >= 0.6 is 0 Å². The summed E-state index contributed by atoms with van der Waals surface area (Å²) >= 11 is 0. The molecule has 1 aliphatic heterocycles. The van der Waals surface area contributed by atoms with E-state index in [1.54, 1.807) is 25.2 Å². The van der Waals surface area contributed by atoms with Crippen LogP contribution in [0.3, 0.4) is 0 Å². The quantitative estimate of drug-likeness (QED) is 0.546. The Balaban J connectivity index is 1.48. The van der Waals surface area contributed by atoms with Gasteiger partial charge in [-0.1, -0.05) is 11.8 Å². The van der Waals surface area contributed by atoms with Crippen molar-refractivity contribution in [2.24, 2.45) is 5.41 Å². The van der Waals surface area contributed by atoms with Gasteiger partial charge in [0.05, 0.1) is 5.69 Å². The fourth-order valence-corrected chi connectivity index (χ4v) is 3.41. The van der Waals surface area contributed by atoms with Gasteiger partial charge in [0.25, 0.3) is 11.8 Å². The molecule has 8 heteroatoms. The first kappa shape index (κ1) is 24.7. The number of carbonyl (C=O) groups is 2. The number of fused-ring (bicyclic) bond motifs is 1. The van der Waals surface area contributed by atoms with Crippen LogP contribution in [-0.2, 0) is 4.79 Å². The first-order chi connectivity index (χ1) is 17.1. The van der Waals surface area contributed by atoms with Gasteiger partial charge in [-0.2, -0.15) is 0 Å². The van der Waals surface area contributed by atoms with Crippen LogP contribution in [-0.4, -0.2) is 36.5 Å². The molecule has 0 fully saturated rings. The molecular formula is C28H26FN3O4. The number of amides is 2. The minimum Gasteiger partial charge on any atom is -0.489 e. The predicted molar refractivity (Wildman–Crippen MR) is 134 cm³/mol. The number of rotatable bonds is 4. The van der Waals surface area contributed by atoms with E-state index in [1.807, 2.05) is 26.8 Å². The van der Waals surface area contributed by atoms with Crippen molar-refractivity contribution in [3.8, 4) is 29.1 Å². The molecule has 0 saturated carbocycles. The SMILES string of the molecule is CN1C(=O)[C@H](NC(=O)c2cc(Oc3ccc(F)cc3)ccn2)COc2ccc(C#CC(C)(C)C)cc21. The Bertz CT molecular complexity index is 1350. The average Bonchev–Trinajstić information content (AvgIpc) is 2.96. The summed E-state index contributed by atoms with van der Waals surface area (Å²) in [6.07, 6.45) is 1.42. The zero-order chi connectivity index (χ0) is 25.9. The Morgan fingerprint density at radius 2 is 1.89 bits per heavy atom. The van der Waals surface area contributed by atoms with Crippen molar-refractivity contribution in [2.45, 2.75) is 26.8 Å². The lowest BCUT2D eigenvalue weighted by atomic mass is 9.97. The van der Waals surface area contributed by atoms with Crippen LogP contribution in [0, 0.1) is 23.1 Å². The van der Waals surface area contributed by atoms with Gasteiger partial charge in [-0.25, -0.2) is 4.39 Å². The first-order valence-electron chi connectivity index (χ1n) is 11.4. The summed E-state index contributed by atoms with van der Waals surface area (Å²) in [7, 11) is 1.63. The number of anilines is 1. The smallest absolute Gasteiger partial charge is 0.270 e. The first-order valence-corrected chi connectivity index (χ1v) is 11.4. The van der Waals surface area contributed by atoms with E-state index >= 15 is 0 Å². The highest BCUT2D eigenvalue weighted by atomic mass is 19.1. The molecule has 2 aromatic carbocycles. The summed E-state index contributed by atoms with van der Waals surface area (Å²) in [5, 5.41) is 2.70. The Hall–Kier alpha value is -4.38. The van der Waals surface area contributed by atoms with Crippen molar-refractivity contribution in [3.63, 3.8) is 0 Å². The maximum Gasteiger partial charge on any atom is 0.270 e. The second kappa shape index (κ2) is 10.1. The fraction of sp³-hybridized carbons (Fsp3) is 0.250. The summed E-state index contributed by atoms with van der Waals surface area (Å²) in [5.41, 5.74) is 1.24. The minimum absolute atomic E-state index is 0.0410. The standard InChI is InChI=1S/C28H26FN3O4/c1-28(2,3)13-11-18-5-10-25-24(15-18)32(4)27(34)23(17-35-25)31-26(33)22-16-21(12-14-30-22)36-20-8-6-19(29)7-9-20/h5-10,12,14-16,23H,17H2,1-4H3,(H,31,33)/t23-/m1/s1. The molecule has 2 amide bonds. The number of hydrogen-bond donors (Lipinski definition) is 1. The zero-order valence-corrected chi connectivity index (χ0v) is 20.5. The van der Waals surface area contributed by atoms with Crippen LogP contribution < -0.4 is 19.7 Å². The van der Waals surface area contributed by atoms with Crippen LogP contribution in [0.1, 0.15) is 36.8 Å². The maximum atomic E-state index is 13.2. The van der Waals surface area contributed by atoms with Gasteiger partial charge in [0.1, 0.15) is 41.4 Å². The summed E-state index contributed by atoms with van der Waals surface area (Å²) in [6, 6.07) is 13.0. The Labute approximate surface area is 209 Å². The minimum atomic E-state index is -0.928. The molecule has 0 saturated heterocycles. The second-order valence-corrected chi connectivity index (χ2v) is 9.35. The summed E-state index contributed by atoms with van der Waals surface area (Å²) in [6.45, 7) is 6.03. The van der Waals surface area contributed by atoms with Crippen LogP contribution in [0.4, 0.5) is 10.1 Å². The van der Waals surface area contributed by atoms with E-state index in [-0.39, 0.29) is 29.4 Å². The Kier molecular flexibility index (Phi) is 6.93. The largest absolute Gasteiger partial charge is 0.489 e. The third-order valence-electron chi connectivity index (χ3n) is 5.26. The summed E-state index contributed by atoms with van der Waals surface area (Å²) < 4.78 is 24.6. The van der Waals surface area contributed by atoms with Crippen molar-refractivity contribution in [2.75, 3.05) is 18.6 Å². The monoisotopic (exact) mass is 487 g/mol. The molecule has 1 aromatic heterocycles. The summed E-state index contributed by atoms with van der Waals surface area (Å²) in [5.74, 6) is 6.32. The molecule has 1 aliphatic rings. The lowest BCUT2D eigenvalue weighted by molar-refractivity contribution is -0.120. The molecule has 0 aliphatic carbocycles. The fourth-order valence-electron chi connectivity index (χ4n) is 3.41. The highest BCUT2D eigenvalue weighted by molar-refractivity contribution is 6.03. The van der Waals surface area contributed by atoms with Crippen molar-refractivity contribution in [3.05, 3.63) is 77.9 Å². The molecule has 1 atom stereocenters. The molecule has 1 N–H and O–H groups in total. The number of likely N-dealkylation sites (N-methyl/N-ethyl adjacent to an activating group) is 1. The van der Waals surface area contributed by atoms with Gasteiger partial charge in [0, 0.05) is 30.3 Å². The molecule has 3 aromatic rings. The molecule has 4 rings (SSSR count). The normalized spacial score (nSPS) is 15.1. The van der Waals surface area contributed by atoms with Gasteiger partial charge in [0.15, 0.2) is 0 Å². The Morgan fingerprint density at radius 3 is 2.61 bits per heavy atom. The highest BCUT2D eigenvalue weighted by Crippen LogP contribution is 2.31. The van der Waals surface area contributed by atoms with Gasteiger partial charge in [-0.3, -0.25) is 14.6 Å². The molecule has 2 heterocycles. The van der Waals surface area contributed by atoms with Crippen LogP contribution in [0.5, 0.6) is 17.2 Å². The molecule has 36 heavy (non-hydrogen) atoms. The van der Waals surface area contributed by atoms with Crippen molar-refractivity contribution < 1.29 is 23.5 Å². The van der Waals surface area contributed by atoms with Crippen LogP contribution in [0.25, 0.3) is 0 Å². The molecular weight excluding hydrogens is 461 g/mol. The highest BCUT2D eigenvalue weighted by Gasteiger charge is 2.31. The van der Waals surface area contributed by atoms with Gasteiger partial charge in [-0.15, -0.1) is 0 Å². The molecule has 184 valence electrons. The average molecular weight is 488 g/mol. The summed E-state index contributed by atoms with van der Waals surface area (Å²) in [4.78, 5) is 31.6. The van der Waals surface area contributed by atoms with Crippen molar-refractivity contribution in [1.82, 2.24) is 10.3 Å². The van der Waals surface area contributed by atoms with Crippen molar-refractivity contribution in [1.29, 1.82) is 0 Å². The molecule has 0 unspecified atom stereocenters. The van der Waals surface area contributed by atoms with Crippen LogP contribution in [0.2, 0.25) is 0 Å². The molecule has 0 bridgehead atoms. The molecule has 0 spiro atoms. The second-order valence-electron chi connectivity index (χ2n) is 9.35. The van der Waals surface area contributed by atoms with E-state index in [2.05, 4.69) is 22.1 Å². The number of nitrogens with one attached hydrogen (secondary N) is 1. The lowest BCUT2D eigenvalue weighted by Crippen LogP contribution is -2.49. The number of pyridine rings is 1. The maximum absolute atomic E-state index is 13.2. The van der Waals surface area contributed by atoms with E-state index in [9.17, 15) is 14.0 Å². The topological polar surface area (TPSA) is 80.8 Å². The number of nitrogens with zero attached hydrogens (tertiary/aromatic N) is 2. The van der Waals surface area contributed by atoms with Gasteiger partial charge in [-0.05, 0) is 69.3 Å². The van der Waals surface area contributed by atoms with Gasteiger partial charge >= 0.3 is 0 Å². The Morgan fingerprint density at radius 1 is 1.14 bits per heavy atom. The third kappa shape index (κ3) is 5.99. The number of ether oxygens (including phenoxy) is 2.